The number of nitrogens with zero attached hydrogens (tertiary/aromatic N) is 2. The Morgan fingerprint density at radius 1 is 1.08 bits per heavy atom. The molecule has 2 fully saturated rings. The van der Waals surface area contributed by atoms with Crippen molar-refractivity contribution in [3.05, 3.63) is 24.3 Å². The first-order chi connectivity index (χ1) is 11.6. The number of carbonyl (C=O) groups excluding carboxylic acids is 1. The standard InChI is InChI=1S/C18H27N3O2S/c1-14-15(2)24(23)13-12-21(14)18(22)19-16-6-8-17(9-7-16)20-10-4-3-5-11-20/h6-9,14-15H,3-5,10-13H2,1-2H3,(H,19,22)/t14-,15-,24+/m1/s1. The van der Waals surface area contributed by atoms with Gasteiger partial charge in [-0.15, -0.1) is 0 Å². The Morgan fingerprint density at radius 2 is 1.75 bits per heavy atom. The van der Waals surface area contributed by atoms with Crippen LogP contribution in [0.5, 0.6) is 0 Å². The van der Waals surface area contributed by atoms with E-state index in [9.17, 15) is 9.00 Å². The van der Waals surface area contributed by atoms with E-state index in [-0.39, 0.29) is 17.3 Å². The molecule has 1 aromatic carbocycles. The van der Waals surface area contributed by atoms with Gasteiger partial charge in [-0.2, -0.15) is 0 Å². The van der Waals surface area contributed by atoms with Crippen molar-refractivity contribution in [3.63, 3.8) is 0 Å². The van der Waals surface area contributed by atoms with Crippen molar-refractivity contribution >= 4 is 28.2 Å². The van der Waals surface area contributed by atoms with Crippen LogP contribution in [-0.4, -0.2) is 51.8 Å². The lowest BCUT2D eigenvalue weighted by atomic mass is 10.1. The molecule has 24 heavy (non-hydrogen) atoms. The van der Waals surface area contributed by atoms with Crippen LogP contribution in [0, 0.1) is 0 Å². The highest BCUT2D eigenvalue weighted by atomic mass is 32.2. The molecule has 3 atom stereocenters. The summed E-state index contributed by atoms with van der Waals surface area (Å²) in [4.78, 5) is 16.7. The number of urea groups is 1. The maximum atomic E-state index is 12.5. The number of rotatable bonds is 2. The Morgan fingerprint density at radius 3 is 2.42 bits per heavy atom. The summed E-state index contributed by atoms with van der Waals surface area (Å²) in [6, 6.07) is 8.00. The first kappa shape index (κ1) is 17.3. The number of piperidine rings is 1. The second kappa shape index (κ2) is 7.55. The van der Waals surface area contributed by atoms with Crippen molar-refractivity contribution in [2.24, 2.45) is 0 Å². The second-order valence-electron chi connectivity index (χ2n) is 6.75. The lowest BCUT2D eigenvalue weighted by Gasteiger charge is -2.37. The van der Waals surface area contributed by atoms with Crippen LogP contribution >= 0.6 is 0 Å². The maximum absolute atomic E-state index is 12.5. The molecule has 2 amide bonds. The fourth-order valence-corrected chi connectivity index (χ4v) is 4.78. The third-order valence-electron chi connectivity index (χ3n) is 5.22. The van der Waals surface area contributed by atoms with Crippen LogP contribution in [0.2, 0.25) is 0 Å². The quantitative estimate of drug-likeness (QED) is 0.893. The van der Waals surface area contributed by atoms with Crippen molar-refractivity contribution in [1.29, 1.82) is 0 Å². The maximum Gasteiger partial charge on any atom is 0.322 e. The predicted molar refractivity (Wildman–Crippen MR) is 100 cm³/mol. The van der Waals surface area contributed by atoms with E-state index in [1.165, 1.54) is 24.9 Å². The van der Waals surface area contributed by atoms with Gasteiger partial charge >= 0.3 is 6.03 Å². The fourth-order valence-electron chi connectivity index (χ4n) is 3.44. The van der Waals surface area contributed by atoms with Gasteiger partial charge in [0.25, 0.3) is 0 Å². The van der Waals surface area contributed by atoms with Crippen molar-refractivity contribution < 1.29 is 9.00 Å². The van der Waals surface area contributed by atoms with Crippen LogP contribution in [0.1, 0.15) is 33.1 Å². The molecule has 1 aromatic rings. The van der Waals surface area contributed by atoms with Crippen LogP contribution in [0.25, 0.3) is 0 Å². The highest BCUT2D eigenvalue weighted by molar-refractivity contribution is 7.85. The molecule has 0 aliphatic carbocycles. The number of nitrogens with one attached hydrogen (secondary N) is 1. The molecule has 3 rings (SSSR count). The van der Waals surface area contributed by atoms with Crippen molar-refractivity contribution in [3.8, 4) is 0 Å². The lowest BCUT2D eigenvalue weighted by molar-refractivity contribution is 0.193. The van der Waals surface area contributed by atoms with Gasteiger partial charge < -0.3 is 15.1 Å². The topological polar surface area (TPSA) is 52.7 Å². The van der Waals surface area contributed by atoms with Crippen LogP contribution in [0.3, 0.4) is 0 Å². The molecular weight excluding hydrogens is 322 g/mol. The monoisotopic (exact) mass is 349 g/mol. The number of hydrogen-bond acceptors (Lipinski definition) is 3. The number of hydrogen-bond donors (Lipinski definition) is 1. The minimum Gasteiger partial charge on any atom is -0.372 e. The number of amides is 2. The molecule has 1 N–H and O–H groups in total. The molecule has 2 aliphatic heterocycles. The summed E-state index contributed by atoms with van der Waals surface area (Å²) in [5.74, 6) is 0.562. The third kappa shape index (κ3) is 3.74. The summed E-state index contributed by atoms with van der Waals surface area (Å²) < 4.78 is 11.9. The summed E-state index contributed by atoms with van der Waals surface area (Å²) in [5, 5.41) is 3.00. The van der Waals surface area contributed by atoms with Gasteiger partial charge in [-0.1, -0.05) is 0 Å². The largest absolute Gasteiger partial charge is 0.372 e. The third-order valence-corrected chi connectivity index (χ3v) is 7.03. The van der Waals surface area contributed by atoms with E-state index in [1.54, 1.807) is 4.90 Å². The highest BCUT2D eigenvalue weighted by Crippen LogP contribution is 2.23. The van der Waals surface area contributed by atoms with E-state index < -0.39 is 10.8 Å². The van der Waals surface area contributed by atoms with E-state index in [2.05, 4.69) is 22.3 Å². The highest BCUT2D eigenvalue weighted by Gasteiger charge is 2.32. The molecule has 0 saturated carbocycles. The molecule has 0 bridgehead atoms. The van der Waals surface area contributed by atoms with E-state index in [0.29, 0.717) is 12.3 Å². The molecule has 0 radical (unpaired) electrons. The lowest BCUT2D eigenvalue weighted by Crippen LogP contribution is -2.53. The molecule has 6 heteroatoms. The first-order valence-electron chi connectivity index (χ1n) is 8.86. The Hall–Kier alpha value is -1.56. The van der Waals surface area contributed by atoms with E-state index >= 15 is 0 Å². The van der Waals surface area contributed by atoms with Gasteiger partial charge in [0.15, 0.2) is 0 Å². The zero-order valence-corrected chi connectivity index (χ0v) is 15.3. The summed E-state index contributed by atoms with van der Waals surface area (Å²) >= 11 is 0. The van der Waals surface area contributed by atoms with Crippen molar-refractivity contribution in [2.75, 3.05) is 35.6 Å². The zero-order valence-electron chi connectivity index (χ0n) is 14.5. The van der Waals surface area contributed by atoms with E-state index in [4.69, 9.17) is 0 Å². The Kier molecular flexibility index (Phi) is 5.43. The number of carbonyl (C=O) groups is 1. The molecule has 0 aromatic heterocycles. The number of anilines is 2. The van der Waals surface area contributed by atoms with Gasteiger partial charge in [0.1, 0.15) is 0 Å². The minimum absolute atomic E-state index is 0.00722. The molecule has 2 saturated heterocycles. The average molecular weight is 350 g/mol. The number of benzene rings is 1. The zero-order chi connectivity index (χ0) is 17.1. The SMILES string of the molecule is C[C@@H]1[C@@H](C)[S@@](=O)CCN1C(=O)Nc1ccc(N2CCCCC2)cc1. The molecule has 2 aliphatic rings. The molecule has 2 heterocycles. The smallest absolute Gasteiger partial charge is 0.322 e. The molecule has 0 spiro atoms. The summed E-state index contributed by atoms with van der Waals surface area (Å²) in [6.07, 6.45) is 3.83. The summed E-state index contributed by atoms with van der Waals surface area (Å²) in [7, 11) is -0.832. The molecule has 132 valence electrons. The van der Waals surface area contributed by atoms with E-state index in [1.807, 2.05) is 26.0 Å². The van der Waals surface area contributed by atoms with Gasteiger partial charge in [-0.05, 0) is 57.4 Å². The summed E-state index contributed by atoms with van der Waals surface area (Å²) in [5.41, 5.74) is 2.04. The van der Waals surface area contributed by atoms with Crippen LogP contribution in [-0.2, 0) is 10.8 Å². The predicted octanol–water partition coefficient (Wildman–Crippen LogP) is 3.05. The van der Waals surface area contributed by atoms with Gasteiger partial charge in [-0.3, -0.25) is 4.21 Å². The Balaban J connectivity index is 1.61. The normalized spacial score (nSPS) is 27.8. The average Bonchev–Trinajstić information content (AvgIpc) is 2.61. The molecular formula is C18H27N3O2S. The van der Waals surface area contributed by atoms with Gasteiger partial charge in [0.2, 0.25) is 0 Å². The fraction of sp³-hybridized carbons (Fsp3) is 0.611. The first-order valence-corrected chi connectivity index (χ1v) is 10.2. The molecule has 5 nitrogen and oxygen atoms in total. The van der Waals surface area contributed by atoms with Gasteiger partial charge in [-0.25, -0.2) is 4.79 Å². The molecule has 0 unspecified atom stereocenters. The van der Waals surface area contributed by atoms with Gasteiger partial charge in [0, 0.05) is 53.6 Å². The van der Waals surface area contributed by atoms with Crippen LogP contribution < -0.4 is 10.2 Å². The van der Waals surface area contributed by atoms with E-state index in [0.717, 1.165) is 18.8 Å². The van der Waals surface area contributed by atoms with Crippen molar-refractivity contribution in [1.82, 2.24) is 4.90 Å². The van der Waals surface area contributed by atoms with Gasteiger partial charge in [0.05, 0.1) is 5.25 Å². The Bertz CT molecular complexity index is 599. The van der Waals surface area contributed by atoms with Crippen LogP contribution in [0.4, 0.5) is 16.2 Å². The summed E-state index contributed by atoms with van der Waals surface area (Å²) in [6.45, 7) is 6.71. The second-order valence-corrected chi connectivity index (χ2v) is 8.66. The minimum atomic E-state index is -0.832. The Labute approximate surface area is 146 Å². The van der Waals surface area contributed by atoms with Crippen LogP contribution in [0.15, 0.2) is 24.3 Å². The van der Waals surface area contributed by atoms with Crippen molar-refractivity contribution in [2.45, 2.75) is 44.4 Å².